The molecular formula is C49H33N3. The van der Waals surface area contributed by atoms with E-state index < -0.39 is 0 Å². The zero-order chi connectivity index (χ0) is 34.7. The number of hydrogen-bond donors (Lipinski definition) is 0. The van der Waals surface area contributed by atoms with E-state index in [4.69, 9.17) is 15.0 Å². The second kappa shape index (κ2) is 13.7. The highest BCUT2D eigenvalue weighted by atomic mass is 15.0. The molecule has 0 aliphatic rings. The molecule has 1 aromatic heterocycles. The number of aromatic nitrogens is 3. The second-order valence-corrected chi connectivity index (χ2v) is 12.9. The monoisotopic (exact) mass is 663 g/mol. The molecule has 0 amide bonds. The van der Waals surface area contributed by atoms with Crippen LogP contribution in [0.1, 0.15) is 0 Å². The van der Waals surface area contributed by atoms with Crippen LogP contribution in [0.25, 0.3) is 89.4 Å². The van der Waals surface area contributed by atoms with Gasteiger partial charge in [-0.05, 0) is 73.5 Å². The molecule has 0 radical (unpaired) electrons. The van der Waals surface area contributed by atoms with E-state index in [1.54, 1.807) is 0 Å². The van der Waals surface area contributed by atoms with Crippen LogP contribution >= 0.6 is 0 Å². The molecule has 0 N–H and O–H groups in total. The van der Waals surface area contributed by atoms with Crippen molar-refractivity contribution in [1.82, 2.24) is 15.0 Å². The number of nitrogens with zero attached hydrogens (tertiary/aromatic N) is 3. The minimum Gasteiger partial charge on any atom is -0.208 e. The van der Waals surface area contributed by atoms with Gasteiger partial charge in [-0.15, -0.1) is 0 Å². The summed E-state index contributed by atoms with van der Waals surface area (Å²) in [7, 11) is 0. The van der Waals surface area contributed by atoms with Crippen LogP contribution in [-0.4, -0.2) is 15.0 Å². The highest BCUT2D eigenvalue weighted by molar-refractivity contribution is 5.93. The molecule has 0 bridgehead atoms. The van der Waals surface area contributed by atoms with E-state index in [1.807, 2.05) is 42.5 Å². The van der Waals surface area contributed by atoms with Crippen molar-refractivity contribution >= 4 is 10.8 Å². The van der Waals surface area contributed by atoms with Crippen LogP contribution in [0.3, 0.4) is 0 Å². The molecule has 1 heterocycles. The molecule has 0 unspecified atom stereocenters. The largest absolute Gasteiger partial charge is 0.208 e. The van der Waals surface area contributed by atoms with E-state index in [-0.39, 0.29) is 0 Å². The van der Waals surface area contributed by atoms with Crippen molar-refractivity contribution in [3.8, 4) is 78.7 Å². The third kappa shape index (κ3) is 6.17. The summed E-state index contributed by atoms with van der Waals surface area (Å²) in [5.74, 6) is 1.90. The fraction of sp³-hybridized carbons (Fsp3) is 0. The van der Waals surface area contributed by atoms with Gasteiger partial charge in [0, 0.05) is 16.7 Å². The van der Waals surface area contributed by atoms with Gasteiger partial charge in [-0.2, -0.15) is 0 Å². The summed E-state index contributed by atoms with van der Waals surface area (Å²) in [5, 5.41) is 2.44. The van der Waals surface area contributed by atoms with E-state index in [9.17, 15) is 0 Å². The molecule has 0 spiro atoms. The van der Waals surface area contributed by atoms with Crippen LogP contribution in [0, 0.1) is 0 Å². The van der Waals surface area contributed by atoms with Crippen LogP contribution in [0.15, 0.2) is 200 Å². The van der Waals surface area contributed by atoms with Gasteiger partial charge in [0.25, 0.3) is 0 Å². The first-order valence-electron chi connectivity index (χ1n) is 17.5. The molecule has 0 aliphatic heterocycles. The van der Waals surface area contributed by atoms with Gasteiger partial charge in [-0.3, -0.25) is 0 Å². The average Bonchev–Trinajstić information content (AvgIpc) is 3.24. The number of fused-ring (bicyclic) bond motifs is 1. The zero-order valence-electron chi connectivity index (χ0n) is 28.4. The summed E-state index contributed by atoms with van der Waals surface area (Å²) in [6.45, 7) is 0. The Balaban J connectivity index is 1.21. The van der Waals surface area contributed by atoms with Crippen molar-refractivity contribution < 1.29 is 0 Å². The molecule has 0 saturated carbocycles. The molecule has 244 valence electrons. The minimum absolute atomic E-state index is 0.627. The molecule has 0 aliphatic carbocycles. The first kappa shape index (κ1) is 31.0. The van der Waals surface area contributed by atoms with E-state index in [0.717, 1.165) is 38.9 Å². The molecule has 9 rings (SSSR count). The summed E-state index contributed by atoms with van der Waals surface area (Å²) in [6, 6.07) is 70.1. The molecule has 8 aromatic carbocycles. The molecular weight excluding hydrogens is 631 g/mol. The Labute approximate surface area is 303 Å². The lowest BCUT2D eigenvalue weighted by Gasteiger charge is -2.15. The van der Waals surface area contributed by atoms with Crippen molar-refractivity contribution in [3.63, 3.8) is 0 Å². The molecule has 3 heteroatoms. The normalized spacial score (nSPS) is 11.1. The predicted octanol–water partition coefficient (Wildman–Crippen LogP) is 12.7. The number of hydrogen-bond acceptors (Lipinski definition) is 3. The van der Waals surface area contributed by atoms with Gasteiger partial charge < -0.3 is 0 Å². The maximum Gasteiger partial charge on any atom is 0.164 e. The van der Waals surface area contributed by atoms with Crippen molar-refractivity contribution in [2.45, 2.75) is 0 Å². The zero-order valence-corrected chi connectivity index (χ0v) is 28.4. The van der Waals surface area contributed by atoms with Crippen LogP contribution in [0.2, 0.25) is 0 Å². The third-order valence-electron chi connectivity index (χ3n) is 9.54. The van der Waals surface area contributed by atoms with Crippen LogP contribution in [0.5, 0.6) is 0 Å². The first-order valence-corrected chi connectivity index (χ1v) is 17.5. The summed E-state index contributed by atoms with van der Waals surface area (Å²) >= 11 is 0. The van der Waals surface area contributed by atoms with E-state index in [2.05, 4.69) is 158 Å². The lowest BCUT2D eigenvalue weighted by atomic mass is 9.89. The fourth-order valence-corrected chi connectivity index (χ4v) is 6.92. The van der Waals surface area contributed by atoms with Crippen LogP contribution in [0.4, 0.5) is 0 Å². The minimum atomic E-state index is 0.627. The maximum atomic E-state index is 5.17. The van der Waals surface area contributed by atoms with Crippen molar-refractivity contribution in [2.24, 2.45) is 0 Å². The van der Waals surface area contributed by atoms with E-state index in [0.29, 0.717) is 17.5 Å². The number of benzene rings is 8. The Bertz CT molecular complexity index is 2670. The Morgan fingerprint density at radius 3 is 1.46 bits per heavy atom. The van der Waals surface area contributed by atoms with Crippen molar-refractivity contribution in [2.75, 3.05) is 0 Å². The Hall–Kier alpha value is -6.97. The SMILES string of the molecule is c1ccc(-c2ccc(-c3cccc(-c4nc(-c5ccccc5)nc(-c5ccccc5-c5ccccc5)n4)c3)c(-c3ccc4ccccc4c3)c2)cc1. The predicted molar refractivity (Wildman–Crippen MR) is 215 cm³/mol. The summed E-state index contributed by atoms with van der Waals surface area (Å²) in [6.07, 6.45) is 0. The molecule has 9 aromatic rings. The fourth-order valence-electron chi connectivity index (χ4n) is 6.92. The van der Waals surface area contributed by atoms with Gasteiger partial charge in [-0.1, -0.05) is 182 Å². The Kier molecular flexibility index (Phi) is 8.20. The average molecular weight is 664 g/mol. The summed E-state index contributed by atoms with van der Waals surface area (Å²) < 4.78 is 0. The van der Waals surface area contributed by atoms with Gasteiger partial charge in [0.05, 0.1) is 0 Å². The first-order chi connectivity index (χ1) is 25.8. The van der Waals surface area contributed by atoms with Gasteiger partial charge in [-0.25, -0.2) is 15.0 Å². The molecule has 0 saturated heterocycles. The van der Waals surface area contributed by atoms with E-state index >= 15 is 0 Å². The smallest absolute Gasteiger partial charge is 0.164 e. The van der Waals surface area contributed by atoms with Crippen molar-refractivity contribution in [1.29, 1.82) is 0 Å². The van der Waals surface area contributed by atoms with E-state index in [1.165, 1.54) is 33.0 Å². The van der Waals surface area contributed by atoms with Crippen LogP contribution < -0.4 is 0 Å². The lowest BCUT2D eigenvalue weighted by molar-refractivity contribution is 1.07. The van der Waals surface area contributed by atoms with Gasteiger partial charge >= 0.3 is 0 Å². The molecule has 0 atom stereocenters. The Morgan fingerprint density at radius 2 is 0.712 bits per heavy atom. The third-order valence-corrected chi connectivity index (χ3v) is 9.54. The van der Waals surface area contributed by atoms with Crippen LogP contribution in [-0.2, 0) is 0 Å². The van der Waals surface area contributed by atoms with Gasteiger partial charge in [0.2, 0.25) is 0 Å². The standard InChI is InChI=1S/C49H33N3/c1-4-15-34(16-5-1)39-29-30-44(46(33-39)41-28-27-35-17-10-11-22-38(35)31-41)40-23-14-24-42(32-40)48-50-47(37-20-8-3-9-21-37)51-49(52-48)45-26-13-12-25-43(45)36-18-6-2-7-19-36/h1-33H. The molecule has 52 heavy (non-hydrogen) atoms. The number of rotatable bonds is 7. The summed E-state index contributed by atoms with van der Waals surface area (Å²) in [4.78, 5) is 15.3. The van der Waals surface area contributed by atoms with Gasteiger partial charge in [0.1, 0.15) is 0 Å². The lowest BCUT2D eigenvalue weighted by Crippen LogP contribution is -2.01. The molecule has 3 nitrogen and oxygen atoms in total. The van der Waals surface area contributed by atoms with Gasteiger partial charge in [0.15, 0.2) is 17.5 Å². The molecule has 0 fully saturated rings. The maximum absolute atomic E-state index is 5.17. The second-order valence-electron chi connectivity index (χ2n) is 12.9. The summed E-state index contributed by atoms with van der Waals surface area (Å²) in [5.41, 5.74) is 11.9. The highest BCUT2D eigenvalue weighted by Crippen LogP contribution is 2.39. The quantitative estimate of drug-likeness (QED) is 0.170. The topological polar surface area (TPSA) is 38.7 Å². The Morgan fingerprint density at radius 1 is 0.212 bits per heavy atom. The highest BCUT2D eigenvalue weighted by Gasteiger charge is 2.17. The van der Waals surface area contributed by atoms with Crippen molar-refractivity contribution in [3.05, 3.63) is 200 Å².